The molecule has 0 unspecified atom stereocenters. The molecule has 0 aliphatic carbocycles. The monoisotopic (exact) mass is 403 g/mol. The van der Waals surface area contributed by atoms with Crippen LogP contribution in [-0.4, -0.2) is 39.6 Å². The molecule has 1 aromatic heterocycles. The quantitative estimate of drug-likeness (QED) is 0.428. The highest BCUT2D eigenvalue weighted by molar-refractivity contribution is 7.99. The molecule has 0 radical (unpaired) electrons. The average molecular weight is 404 g/mol. The summed E-state index contributed by atoms with van der Waals surface area (Å²) in [7, 11) is 0. The topological polar surface area (TPSA) is 46.1 Å². The molecule has 1 saturated heterocycles. The van der Waals surface area contributed by atoms with Gasteiger partial charge >= 0.3 is 0 Å². The van der Waals surface area contributed by atoms with Crippen molar-refractivity contribution >= 4 is 17.7 Å². The van der Waals surface area contributed by atoms with Crippen molar-refractivity contribution in [3.8, 4) is 22.5 Å². The van der Waals surface area contributed by atoms with Gasteiger partial charge in [-0.15, -0.1) is 0 Å². The number of rotatable bonds is 5. The molecule has 5 heteroatoms. The van der Waals surface area contributed by atoms with Gasteiger partial charge in [-0.05, 0) is 18.9 Å². The fraction of sp³-hybridized carbons (Fsp3) is 0.292. The van der Waals surface area contributed by atoms with Crippen LogP contribution in [0, 0.1) is 0 Å². The summed E-state index contributed by atoms with van der Waals surface area (Å²) >= 11 is 1.43. The van der Waals surface area contributed by atoms with Crippen LogP contribution in [0.15, 0.2) is 71.9 Å². The predicted molar refractivity (Wildman–Crippen MR) is 119 cm³/mol. The maximum atomic E-state index is 12.7. The van der Waals surface area contributed by atoms with Crippen molar-refractivity contribution < 1.29 is 4.79 Å². The molecule has 2 heterocycles. The third kappa shape index (κ3) is 5.24. The Hall–Kier alpha value is -2.66. The first-order chi connectivity index (χ1) is 14.3. The lowest BCUT2D eigenvalue weighted by molar-refractivity contribution is -0.128. The van der Waals surface area contributed by atoms with Gasteiger partial charge < -0.3 is 4.90 Å². The summed E-state index contributed by atoms with van der Waals surface area (Å²) in [4.78, 5) is 24.2. The lowest BCUT2D eigenvalue weighted by Gasteiger charge is -2.19. The van der Waals surface area contributed by atoms with Crippen LogP contribution in [0.5, 0.6) is 0 Å². The van der Waals surface area contributed by atoms with Crippen molar-refractivity contribution in [2.75, 3.05) is 18.8 Å². The van der Waals surface area contributed by atoms with Gasteiger partial charge in [0.1, 0.15) is 0 Å². The van der Waals surface area contributed by atoms with Crippen LogP contribution in [-0.2, 0) is 4.79 Å². The van der Waals surface area contributed by atoms with E-state index < -0.39 is 0 Å². The van der Waals surface area contributed by atoms with Gasteiger partial charge in [-0.2, -0.15) is 0 Å². The Bertz CT molecular complexity index is 881. The van der Waals surface area contributed by atoms with E-state index in [9.17, 15) is 4.79 Å². The van der Waals surface area contributed by atoms with Gasteiger partial charge in [0.05, 0.1) is 17.1 Å². The lowest BCUT2D eigenvalue weighted by Crippen LogP contribution is -2.33. The molecule has 29 heavy (non-hydrogen) atoms. The molecule has 1 fully saturated rings. The minimum atomic E-state index is 0.187. The van der Waals surface area contributed by atoms with Crippen molar-refractivity contribution in [1.29, 1.82) is 0 Å². The van der Waals surface area contributed by atoms with E-state index in [-0.39, 0.29) is 5.91 Å². The van der Waals surface area contributed by atoms with Crippen LogP contribution in [0.1, 0.15) is 25.7 Å². The Morgan fingerprint density at radius 1 is 0.793 bits per heavy atom. The molecule has 0 saturated carbocycles. The van der Waals surface area contributed by atoms with Crippen molar-refractivity contribution in [2.24, 2.45) is 0 Å². The fourth-order valence-electron chi connectivity index (χ4n) is 3.54. The summed E-state index contributed by atoms with van der Waals surface area (Å²) in [6.45, 7) is 1.75. The molecule has 0 spiro atoms. The predicted octanol–water partition coefficient (Wildman–Crippen LogP) is 5.31. The maximum absolute atomic E-state index is 12.7. The first-order valence-electron chi connectivity index (χ1n) is 10.2. The third-order valence-electron chi connectivity index (χ3n) is 5.13. The summed E-state index contributed by atoms with van der Waals surface area (Å²) in [6.07, 6.45) is 4.66. The van der Waals surface area contributed by atoms with Gasteiger partial charge in [0.2, 0.25) is 5.91 Å². The highest BCUT2D eigenvalue weighted by Crippen LogP contribution is 2.27. The average Bonchev–Trinajstić information content (AvgIpc) is 3.08. The van der Waals surface area contributed by atoms with E-state index >= 15 is 0 Å². The largest absolute Gasteiger partial charge is 0.342 e. The molecule has 3 aromatic rings. The first kappa shape index (κ1) is 19.6. The number of likely N-dealkylation sites (tertiary alicyclic amines) is 1. The molecule has 1 aliphatic rings. The van der Waals surface area contributed by atoms with E-state index in [2.05, 4.69) is 0 Å². The molecule has 148 valence electrons. The number of amides is 1. The van der Waals surface area contributed by atoms with Crippen LogP contribution in [0.3, 0.4) is 0 Å². The number of thioether (sulfide) groups is 1. The summed E-state index contributed by atoms with van der Waals surface area (Å²) in [5, 5.41) is 0.647. The van der Waals surface area contributed by atoms with Crippen LogP contribution in [0.25, 0.3) is 22.5 Å². The van der Waals surface area contributed by atoms with E-state index in [4.69, 9.17) is 9.97 Å². The second-order valence-electron chi connectivity index (χ2n) is 7.24. The number of hydrogen-bond donors (Lipinski definition) is 0. The van der Waals surface area contributed by atoms with Gasteiger partial charge in [0.15, 0.2) is 5.16 Å². The number of aromatic nitrogens is 2. The second-order valence-corrected chi connectivity index (χ2v) is 8.18. The molecule has 0 N–H and O–H groups in total. The highest BCUT2D eigenvalue weighted by atomic mass is 32.2. The van der Waals surface area contributed by atoms with Crippen molar-refractivity contribution in [3.63, 3.8) is 0 Å². The van der Waals surface area contributed by atoms with Crippen LogP contribution < -0.4 is 0 Å². The fourth-order valence-corrected chi connectivity index (χ4v) is 4.30. The van der Waals surface area contributed by atoms with E-state index in [1.807, 2.05) is 71.6 Å². The zero-order valence-electron chi connectivity index (χ0n) is 16.5. The molecule has 1 amide bonds. The van der Waals surface area contributed by atoms with E-state index in [1.165, 1.54) is 24.6 Å². The number of carbonyl (C=O) groups is 1. The van der Waals surface area contributed by atoms with Crippen molar-refractivity contribution in [2.45, 2.75) is 30.8 Å². The minimum Gasteiger partial charge on any atom is -0.342 e. The van der Waals surface area contributed by atoms with Gasteiger partial charge in [0.25, 0.3) is 0 Å². The normalized spacial score (nSPS) is 14.4. The summed E-state index contributed by atoms with van der Waals surface area (Å²) in [6, 6.07) is 22.3. The zero-order valence-corrected chi connectivity index (χ0v) is 17.3. The van der Waals surface area contributed by atoms with E-state index in [1.54, 1.807) is 0 Å². The first-order valence-corrected chi connectivity index (χ1v) is 11.2. The number of hydrogen-bond acceptors (Lipinski definition) is 4. The van der Waals surface area contributed by atoms with Gasteiger partial charge in [-0.1, -0.05) is 85.3 Å². The number of carbonyl (C=O) groups excluding carboxylic acids is 1. The van der Waals surface area contributed by atoms with Crippen molar-refractivity contribution in [1.82, 2.24) is 14.9 Å². The third-order valence-corrected chi connectivity index (χ3v) is 5.96. The van der Waals surface area contributed by atoms with Gasteiger partial charge in [-0.3, -0.25) is 4.79 Å². The summed E-state index contributed by atoms with van der Waals surface area (Å²) in [5.41, 5.74) is 3.86. The molecule has 4 nitrogen and oxygen atoms in total. The Kier molecular flexibility index (Phi) is 6.57. The molecular formula is C24H25N3OS. The van der Waals surface area contributed by atoms with Crippen LogP contribution in [0.4, 0.5) is 0 Å². The van der Waals surface area contributed by atoms with Crippen molar-refractivity contribution in [3.05, 3.63) is 66.7 Å². The van der Waals surface area contributed by atoms with Gasteiger partial charge in [-0.25, -0.2) is 9.97 Å². The highest BCUT2D eigenvalue weighted by Gasteiger charge is 2.17. The van der Waals surface area contributed by atoms with Crippen LogP contribution >= 0.6 is 11.8 Å². The molecule has 2 aromatic carbocycles. The Balaban J connectivity index is 1.57. The summed E-state index contributed by atoms with van der Waals surface area (Å²) in [5.74, 6) is 0.568. The minimum absolute atomic E-state index is 0.187. The Morgan fingerprint density at radius 2 is 1.31 bits per heavy atom. The van der Waals surface area contributed by atoms with Crippen LogP contribution in [0.2, 0.25) is 0 Å². The molecule has 1 aliphatic heterocycles. The molecular weight excluding hydrogens is 378 g/mol. The lowest BCUT2D eigenvalue weighted by atomic mass is 10.1. The molecule has 4 rings (SSSR count). The van der Waals surface area contributed by atoms with Gasteiger partial charge in [0, 0.05) is 24.2 Å². The molecule has 0 bridgehead atoms. The number of nitrogens with zero attached hydrogens (tertiary/aromatic N) is 3. The van der Waals surface area contributed by atoms with E-state index in [0.29, 0.717) is 10.9 Å². The Morgan fingerprint density at radius 3 is 1.83 bits per heavy atom. The SMILES string of the molecule is O=C(CSc1nc(-c2ccccc2)cc(-c2ccccc2)n1)N1CCCCCC1. The standard InChI is InChI=1S/C24H25N3OS/c28-23(27-15-9-1-2-10-16-27)18-29-24-25-21(19-11-5-3-6-12-19)17-22(26-24)20-13-7-4-8-14-20/h3-8,11-14,17H,1-2,9-10,15-16,18H2. The summed E-state index contributed by atoms with van der Waals surface area (Å²) < 4.78 is 0. The molecule has 0 atom stereocenters. The van der Waals surface area contributed by atoms with E-state index in [0.717, 1.165) is 48.4 Å². The zero-order chi connectivity index (χ0) is 19.9. The maximum Gasteiger partial charge on any atom is 0.233 e. The smallest absolute Gasteiger partial charge is 0.233 e. The second kappa shape index (κ2) is 9.70. The number of benzene rings is 2. The Labute approximate surface area is 176 Å².